The van der Waals surface area contributed by atoms with Gasteiger partial charge in [-0.05, 0) is 50.6 Å². The van der Waals surface area contributed by atoms with Gasteiger partial charge in [0.2, 0.25) is 11.8 Å². The summed E-state index contributed by atoms with van der Waals surface area (Å²) in [5, 5.41) is 5.46. The molecule has 2 amide bonds. The van der Waals surface area contributed by atoms with E-state index in [0.717, 1.165) is 11.1 Å². The van der Waals surface area contributed by atoms with Crippen molar-refractivity contribution in [2.45, 2.75) is 27.3 Å². The van der Waals surface area contributed by atoms with Gasteiger partial charge in [0.25, 0.3) is 0 Å². The molecular weight excluding hydrogens is 307 g/mol. The molecule has 2 aromatic carbocycles. The summed E-state index contributed by atoms with van der Waals surface area (Å²) in [5.74, 6) is -1.11. The fourth-order valence-corrected chi connectivity index (χ4v) is 2.03. The van der Waals surface area contributed by atoms with Crippen LogP contribution in [0.4, 0.5) is 10.1 Å². The van der Waals surface area contributed by atoms with Crippen molar-refractivity contribution >= 4 is 17.5 Å². The van der Waals surface area contributed by atoms with Gasteiger partial charge in [-0.2, -0.15) is 0 Å². The molecular formula is C19H21FN2O2. The highest BCUT2D eigenvalue weighted by Gasteiger charge is 2.35. The van der Waals surface area contributed by atoms with Crippen LogP contribution >= 0.6 is 0 Å². The molecule has 0 spiro atoms. The molecule has 2 rings (SSSR count). The van der Waals surface area contributed by atoms with E-state index < -0.39 is 11.3 Å². The maximum atomic E-state index is 12.9. The Balaban J connectivity index is 1.96. The first-order valence-corrected chi connectivity index (χ1v) is 7.70. The van der Waals surface area contributed by atoms with Crippen LogP contribution in [-0.4, -0.2) is 11.8 Å². The lowest BCUT2D eigenvalue weighted by atomic mass is 9.90. The van der Waals surface area contributed by atoms with E-state index in [0.29, 0.717) is 5.69 Å². The summed E-state index contributed by atoms with van der Waals surface area (Å²) in [6, 6.07) is 13.2. The van der Waals surface area contributed by atoms with Crippen LogP contribution in [-0.2, 0) is 16.1 Å². The second kappa shape index (κ2) is 7.25. The summed E-state index contributed by atoms with van der Waals surface area (Å²) in [6.45, 7) is 5.33. The van der Waals surface area contributed by atoms with Crippen molar-refractivity contribution in [3.63, 3.8) is 0 Å². The van der Waals surface area contributed by atoms with Crippen molar-refractivity contribution in [3.8, 4) is 0 Å². The number of hydrogen-bond donors (Lipinski definition) is 2. The minimum atomic E-state index is -1.23. The summed E-state index contributed by atoms with van der Waals surface area (Å²) in [5.41, 5.74) is 1.26. The molecule has 5 heteroatoms. The van der Waals surface area contributed by atoms with Gasteiger partial charge in [-0.1, -0.05) is 29.8 Å². The Hall–Kier alpha value is -2.69. The summed E-state index contributed by atoms with van der Waals surface area (Å²) in [4.78, 5) is 24.7. The van der Waals surface area contributed by atoms with E-state index in [2.05, 4.69) is 10.6 Å². The predicted molar refractivity (Wildman–Crippen MR) is 91.8 cm³/mol. The minimum absolute atomic E-state index is 0.236. The molecule has 0 bridgehead atoms. The molecule has 0 aromatic heterocycles. The van der Waals surface area contributed by atoms with Gasteiger partial charge in [-0.3, -0.25) is 9.59 Å². The van der Waals surface area contributed by atoms with E-state index in [1.165, 1.54) is 12.1 Å². The number of aryl methyl sites for hydroxylation is 1. The third-order valence-electron chi connectivity index (χ3n) is 3.81. The van der Waals surface area contributed by atoms with Crippen LogP contribution in [0.2, 0.25) is 0 Å². The topological polar surface area (TPSA) is 58.2 Å². The van der Waals surface area contributed by atoms with Gasteiger partial charge in [-0.15, -0.1) is 0 Å². The lowest BCUT2D eigenvalue weighted by molar-refractivity contribution is -0.138. The molecule has 24 heavy (non-hydrogen) atoms. The third-order valence-corrected chi connectivity index (χ3v) is 3.81. The Kier molecular flexibility index (Phi) is 5.34. The highest BCUT2D eigenvalue weighted by molar-refractivity contribution is 6.09. The van der Waals surface area contributed by atoms with Gasteiger partial charge in [0.1, 0.15) is 11.2 Å². The SMILES string of the molecule is Cc1ccc(NC(=O)C(C)(C)C(=O)NCc2ccc(F)cc2)cc1. The number of benzene rings is 2. The summed E-state index contributed by atoms with van der Waals surface area (Å²) in [7, 11) is 0. The molecule has 126 valence electrons. The maximum absolute atomic E-state index is 12.9. The van der Waals surface area contributed by atoms with E-state index >= 15 is 0 Å². The molecule has 2 N–H and O–H groups in total. The fraction of sp³-hybridized carbons (Fsp3) is 0.263. The monoisotopic (exact) mass is 328 g/mol. The van der Waals surface area contributed by atoms with E-state index in [1.807, 2.05) is 19.1 Å². The Morgan fingerprint density at radius 3 is 2.12 bits per heavy atom. The summed E-state index contributed by atoms with van der Waals surface area (Å²) in [6.07, 6.45) is 0. The average Bonchev–Trinajstić information content (AvgIpc) is 2.56. The Morgan fingerprint density at radius 2 is 1.54 bits per heavy atom. The van der Waals surface area contributed by atoms with Gasteiger partial charge in [0.05, 0.1) is 0 Å². The van der Waals surface area contributed by atoms with Crippen molar-refractivity contribution in [2.24, 2.45) is 5.41 Å². The van der Waals surface area contributed by atoms with Gasteiger partial charge in [0.15, 0.2) is 0 Å². The Morgan fingerprint density at radius 1 is 0.958 bits per heavy atom. The average molecular weight is 328 g/mol. The van der Waals surface area contributed by atoms with Gasteiger partial charge in [0, 0.05) is 12.2 Å². The molecule has 0 fully saturated rings. The molecule has 0 aliphatic heterocycles. The lowest BCUT2D eigenvalue weighted by Crippen LogP contribution is -2.44. The number of amides is 2. The van der Waals surface area contributed by atoms with Crippen LogP contribution < -0.4 is 10.6 Å². The largest absolute Gasteiger partial charge is 0.351 e. The molecule has 0 aliphatic rings. The summed E-state index contributed by atoms with van der Waals surface area (Å²) >= 11 is 0. The van der Waals surface area contributed by atoms with Crippen LogP contribution in [0.3, 0.4) is 0 Å². The van der Waals surface area contributed by atoms with E-state index in [9.17, 15) is 14.0 Å². The molecule has 2 aromatic rings. The Bertz CT molecular complexity index is 722. The standard InChI is InChI=1S/C19H21FN2O2/c1-13-4-10-16(11-5-13)22-18(24)19(2,3)17(23)21-12-14-6-8-15(20)9-7-14/h4-11H,12H2,1-3H3,(H,21,23)(H,22,24). The molecule has 0 saturated carbocycles. The number of halogens is 1. The number of nitrogens with one attached hydrogen (secondary N) is 2. The van der Waals surface area contributed by atoms with E-state index in [-0.39, 0.29) is 18.3 Å². The van der Waals surface area contributed by atoms with Crippen molar-refractivity contribution in [1.29, 1.82) is 0 Å². The highest BCUT2D eigenvalue weighted by Crippen LogP contribution is 2.19. The van der Waals surface area contributed by atoms with Gasteiger partial charge >= 0.3 is 0 Å². The first-order chi connectivity index (χ1) is 11.3. The maximum Gasteiger partial charge on any atom is 0.239 e. The lowest BCUT2D eigenvalue weighted by Gasteiger charge is -2.22. The number of carbonyl (C=O) groups is 2. The Labute approximate surface area is 141 Å². The number of anilines is 1. The first kappa shape index (κ1) is 17.7. The van der Waals surface area contributed by atoms with Crippen molar-refractivity contribution in [2.75, 3.05) is 5.32 Å². The molecule has 0 atom stereocenters. The smallest absolute Gasteiger partial charge is 0.239 e. The number of carbonyl (C=O) groups excluding carboxylic acids is 2. The normalized spacial score (nSPS) is 11.0. The molecule has 0 saturated heterocycles. The summed E-state index contributed by atoms with van der Waals surface area (Å²) < 4.78 is 12.9. The van der Waals surface area contributed by atoms with Crippen LogP contribution in [0.1, 0.15) is 25.0 Å². The second-order valence-corrected chi connectivity index (χ2v) is 6.25. The molecule has 0 heterocycles. The van der Waals surface area contributed by atoms with Crippen molar-refractivity contribution < 1.29 is 14.0 Å². The molecule has 0 aliphatic carbocycles. The zero-order valence-electron chi connectivity index (χ0n) is 14.0. The minimum Gasteiger partial charge on any atom is -0.351 e. The van der Waals surface area contributed by atoms with Crippen LogP contribution in [0.15, 0.2) is 48.5 Å². The van der Waals surface area contributed by atoms with E-state index in [1.54, 1.807) is 38.1 Å². The van der Waals surface area contributed by atoms with Gasteiger partial charge < -0.3 is 10.6 Å². The zero-order chi connectivity index (χ0) is 17.7. The third kappa shape index (κ3) is 4.41. The predicted octanol–water partition coefficient (Wildman–Crippen LogP) is 3.42. The second-order valence-electron chi connectivity index (χ2n) is 6.25. The molecule has 0 radical (unpaired) electrons. The molecule has 4 nitrogen and oxygen atoms in total. The van der Waals surface area contributed by atoms with Crippen LogP contribution in [0.25, 0.3) is 0 Å². The van der Waals surface area contributed by atoms with E-state index in [4.69, 9.17) is 0 Å². The van der Waals surface area contributed by atoms with Gasteiger partial charge in [-0.25, -0.2) is 4.39 Å². The quantitative estimate of drug-likeness (QED) is 0.826. The van der Waals surface area contributed by atoms with Crippen LogP contribution in [0, 0.1) is 18.2 Å². The zero-order valence-corrected chi connectivity index (χ0v) is 14.0. The highest BCUT2D eigenvalue weighted by atomic mass is 19.1. The first-order valence-electron chi connectivity index (χ1n) is 7.70. The number of hydrogen-bond acceptors (Lipinski definition) is 2. The number of rotatable bonds is 5. The molecule has 0 unspecified atom stereocenters. The fourth-order valence-electron chi connectivity index (χ4n) is 2.03. The van der Waals surface area contributed by atoms with Crippen molar-refractivity contribution in [3.05, 3.63) is 65.5 Å². The van der Waals surface area contributed by atoms with Crippen LogP contribution in [0.5, 0.6) is 0 Å². The van der Waals surface area contributed by atoms with Crippen molar-refractivity contribution in [1.82, 2.24) is 5.32 Å².